The number of hydrogen-bond donors (Lipinski definition) is 2. The second-order valence-corrected chi connectivity index (χ2v) is 6.38. The van der Waals surface area contributed by atoms with Gasteiger partial charge in [0, 0.05) is 16.5 Å². The molecule has 0 bridgehead atoms. The Morgan fingerprint density at radius 3 is 2.67 bits per heavy atom. The summed E-state index contributed by atoms with van der Waals surface area (Å²) in [6.07, 6.45) is -0.0176. The smallest absolute Gasteiger partial charge is 0.269 e. The number of halogens is 1. The van der Waals surface area contributed by atoms with Crippen molar-refractivity contribution in [3.8, 4) is 16.6 Å². The normalized spacial score (nSPS) is 10.1. The van der Waals surface area contributed by atoms with Crippen LogP contribution < -0.4 is 10.9 Å². The maximum atomic E-state index is 13.0. The highest BCUT2D eigenvalue weighted by molar-refractivity contribution is 7.13. The minimum absolute atomic E-state index is 0.0176. The van der Waals surface area contributed by atoms with E-state index in [4.69, 9.17) is 5.26 Å². The van der Waals surface area contributed by atoms with Gasteiger partial charge in [-0.05, 0) is 42.5 Å². The summed E-state index contributed by atoms with van der Waals surface area (Å²) in [5.41, 5.74) is 6.54. The number of rotatable bonds is 4. The van der Waals surface area contributed by atoms with Crippen molar-refractivity contribution in [3.05, 3.63) is 76.5 Å². The molecule has 0 aliphatic rings. The topological polar surface area (TPSA) is 94.9 Å². The lowest BCUT2D eigenvalue weighted by Gasteiger charge is -2.06. The number of hydrazine groups is 1. The number of nitriles is 1. The van der Waals surface area contributed by atoms with Gasteiger partial charge in [0.05, 0.1) is 23.7 Å². The quantitative estimate of drug-likeness (QED) is 0.681. The van der Waals surface area contributed by atoms with Gasteiger partial charge >= 0.3 is 0 Å². The van der Waals surface area contributed by atoms with Crippen molar-refractivity contribution >= 4 is 23.2 Å². The number of carbonyl (C=O) groups is 2. The lowest BCUT2D eigenvalue weighted by Crippen LogP contribution is -2.42. The van der Waals surface area contributed by atoms with E-state index in [1.807, 2.05) is 6.07 Å². The van der Waals surface area contributed by atoms with Crippen LogP contribution in [0.1, 0.15) is 21.6 Å². The summed E-state index contributed by atoms with van der Waals surface area (Å²) in [5.74, 6) is -1.28. The van der Waals surface area contributed by atoms with E-state index in [9.17, 15) is 14.0 Å². The molecule has 0 atom stereocenters. The summed E-state index contributed by atoms with van der Waals surface area (Å²) in [6, 6.07) is 14.0. The molecular weight excluding hydrogens is 367 g/mol. The fourth-order valence-corrected chi connectivity index (χ4v) is 3.08. The van der Waals surface area contributed by atoms with Gasteiger partial charge in [-0.2, -0.15) is 5.26 Å². The van der Waals surface area contributed by atoms with Crippen molar-refractivity contribution in [3.63, 3.8) is 0 Å². The first-order chi connectivity index (χ1) is 13.0. The predicted molar refractivity (Wildman–Crippen MR) is 98.0 cm³/mol. The van der Waals surface area contributed by atoms with Gasteiger partial charge in [0.1, 0.15) is 10.8 Å². The summed E-state index contributed by atoms with van der Waals surface area (Å²) in [7, 11) is 0. The van der Waals surface area contributed by atoms with Crippen LogP contribution in [0.4, 0.5) is 4.39 Å². The average molecular weight is 380 g/mol. The van der Waals surface area contributed by atoms with Crippen molar-refractivity contribution in [2.24, 2.45) is 0 Å². The van der Waals surface area contributed by atoms with Gasteiger partial charge in [-0.3, -0.25) is 20.4 Å². The Labute approximate surface area is 158 Å². The second kappa shape index (κ2) is 8.21. The van der Waals surface area contributed by atoms with Crippen molar-refractivity contribution in [1.82, 2.24) is 15.8 Å². The van der Waals surface area contributed by atoms with Crippen LogP contribution in [-0.4, -0.2) is 16.8 Å². The van der Waals surface area contributed by atoms with Crippen LogP contribution in [0.25, 0.3) is 10.6 Å². The first-order valence-electron chi connectivity index (χ1n) is 7.85. The largest absolute Gasteiger partial charge is 0.273 e. The van der Waals surface area contributed by atoms with Gasteiger partial charge in [-0.25, -0.2) is 9.37 Å². The Kier molecular flexibility index (Phi) is 5.54. The Morgan fingerprint density at radius 2 is 1.93 bits per heavy atom. The molecule has 0 aliphatic heterocycles. The summed E-state index contributed by atoms with van der Waals surface area (Å²) in [4.78, 5) is 28.4. The molecule has 8 heteroatoms. The predicted octanol–water partition coefficient (Wildman–Crippen LogP) is 2.82. The summed E-state index contributed by atoms with van der Waals surface area (Å²) >= 11 is 1.34. The Balaban J connectivity index is 1.56. The number of nitrogens with one attached hydrogen (secondary N) is 2. The van der Waals surface area contributed by atoms with Crippen LogP contribution in [0.2, 0.25) is 0 Å². The van der Waals surface area contributed by atoms with Gasteiger partial charge in [0.25, 0.3) is 5.91 Å². The lowest BCUT2D eigenvalue weighted by molar-refractivity contribution is -0.121. The van der Waals surface area contributed by atoms with Crippen LogP contribution in [0.5, 0.6) is 0 Å². The number of hydrogen-bond acceptors (Lipinski definition) is 5. The monoisotopic (exact) mass is 380 g/mol. The molecule has 2 aromatic carbocycles. The third-order valence-electron chi connectivity index (χ3n) is 3.55. The zero-order valence-corrected chi connectivity index (χ0v) is 14.7. The fraction of sp³-hybridized carbons (Fsp3) is 0.0526. The Bertz CT molecular complexity index is 1020. The fourth-order valence-electron chi connectivity index (χ4n) is 2.25. The molecule has 1 heterocycles. The summed E-state index contributed by atoms with van der Waals surface area (Å²) in [6.45, 7) is 0. The zero-order valence-electron chi connectivity index (χ0n) is 13.9. The molecule has 0 radical (unpaired) electrons. The lowest BCUT2D eigenvalue weighted by atomic mass is 10.1. The van der Waals surface area contributed by atoms with Crippen molar-refractivity contribution in [1.29, 1.82) is 5.26 Å². The molecule has 134 valence electrons. The highest BCUT2D eigenvalue weighted by Crippen LogP contribution is 2.24. The maximum absolute atomic E-state index is 13.0. The molecule has 0 saturated carbocycles. The molecule has 6 nitrogen and oxygen atoms in total. The van der Waals surface area contributed by atoms with Gasteiger partial charge in [-0.1, -0.05) is 6.07 Å². The van der Waals surface area contributed by atoms with E-state index in [-0.39, 0.29) is 17.8 Å². The number of nitrogens with zero attached hydrogens (tertiary/aromatic N) is 2. The Morgan fingerprint density at radius 1 is 1.15 bits per heavy atom. The molecule has 0 saturated heterocycles. The standard InChI is InChI=1S/C19H13FN4O2S/c20-15-6-4-13(5-7-15)19-22-16(11-27-19)9-17(25)23-24-18(26)14-3-1-2-12(8-14)10-21/h1-8,11H,9H2,(H,23,25)(H,24,26). The molecule has 0 spiro atoms. The first kappa shape index (κ1) is 18.2. The zero-order chi connectivity index (χ0) is 19.2. The van der Waals surface area contributed by atoms with Gasteiger partial charge < -0.3 is 0 Å². The maximum Gasteiger partial charge on any atom is 0.269 e. The number of thiazole rings is 1. The van der Waals surface area contributed by atoms with Gasteiger partial charge in [0.15, 0.2) is 0 Å². The highest BCUT2D eigenvalue weighted by Gasteiger charge is 2.11. The molecule has 3 rings (SSSR count). The summed E-state index contributed by atoms with van der Waals surface area (Å²) in [5, 5.41) is 11.3. The molecule has 1 aromatic heterocycles. The van der Waals surface area contributed by atoms with E-state index >= 15 is 0 Å². The van der Waals surface area contributed by atoms with E-state index in [1.165, 1.54) is 35.6 Å². The third kappa shape index (κ3) is 4.74. The van der Waals surface area contributed by atoms with Crippen molar-refractivity contribution < 1.29 is 14.0 Å². The van der Waals surface area contributed by atoms with E-state index in [2.05, 4.69) is 15.8 Å². The molecule has 0 aliphatic carbocycles. The van der Waals surface area contributed by atoms with Gasteiger partial charge in [-0.15, -0.1) is 11.3 Å². The molecule has 27 heavy (non-hydrogen) atoms. The average Bonchev–Trinajstić information content (AvgIpc) is 3.15. The molecule has 2 N–H and O–H groups in total. The van der Waals surface area contributed by atoms with Crippen LogP contribution in [0.3, 0.4) is 0 Å². The minimum atomic E-state index is -0.522. The number of aromatic nitrogens is 1. The SMILES string of the molecule is N#Cc1cccc(C(=O)NNC(=O)Cc2csc(-c3ccc(F)cc3)n2)c1. The third-order valence-corrected chi connectivity index (χ3v) is 4.49. The first-order valence-corrected chi connectivity index (χ1v) is 8.73. The van der Waals surface area contributed by atoms with E-state index in [0.29, 0.717) is 16.3 Å². The molecular formula is C19H13FN4O2S. The number of carbonyl (C=O) groups excluding carboxylic acids is 2. The van der Waals surface area contributed by atoms with Crippen molar-refractivity contribution in [2.45, 2.75) is 6.42 Å². The number of benzene rings is 2. The minimum Gasteiger partial charge on any atom is -0.273 e. The Hall–Kier alpha value is -3.57. The van der Waals surface area contributed by atoms with Gasteiger partial charge in [0.2, 0.25) is 5.91 Å². The molecule has 0 unspecified atom stereocenters. The molecule has 0 fully saturated rings. The van der Waals surface area contributed by atoms with Crippen LogP contribution in [-0.2, 0) is 11.2 Å². The van der Waals surface area contributed by atoms with Crippen LogP contribution in [0.15, 0.2) is 53.9 Å². The second-order valence-electron chi connectivity index (χ2n) is 5.52. The van der Waals surface area contributed by atoms with E-state index < -0.39 is 11.8 Å². The van der Waals surface area contributed by atoms with Crippen LogP contribution in [0, 0.1) is 17.1 Å². The summed E-state index contributed by atoms with van der Waals surface area (Å²) < 4.78 is 13.0. The van der Waals surface area contributed by atoms with Crippen molar-refractivity contribution in [2.75, 3.05) is 0 Å². The van der Waals surface area contributed by atoms with Crippen LogP contribution >= 0.6 is 11.3 Å². The van der Waals surface area contributed by atoms with E-state index in [0.717, 1.165) is 5.56 Å². The number of amides is 2. The van der Waals surface area contributed by atoms with E-state index in [1.54, 1.807) is 29.6 Å². The molecule has 3 aromatic rings. The molecule has 2 amide bonds. The highest BCUT2D eigenvalue weighted by atomic mass is 32.1.